The fraction of sp³-hybridized carbons (Fsp3) is 0.378. The van der Waals surface area contributed by atoms with E-state index in [0.29, 0.717) is 11.8 Å². The summed E-state index contributed by atoms with van der Waals surface area (Å²) < 4.78 is 0. The van der Waals surface area contributed by atoms with Gasteiger partial charge in [-0.1, -0.05) is 142 Å². The van der Waals surface area contributed by atoms with Gasteiger partial charge in [0.15, 0.2) is 0 Å². The molecule has 0 bridgehead atoms. The number of hydrogen-bond donors (Lipinski definition) is 0. The van der Waals surface area contributed by atoms with Crippen molar-refractivity contribution in [3.8, 4) is 22.3 Å². The zero-order valence-corrected chi connectivity index (χ0v) is 29.2. The molecular weight excluding hydrogens is 540 g/mol. The standard InChI is InChI=1S/C45H50/c1-11-45(12-2,42-31(27(3)4)18-15-19-32(42)28(5)6)30-21-22-34-35-25-40-36(26-39(35)44(9,10)38(34)24-30)41-33-17-14-13-16-29(33)20-23-37(41)43(40,7)8/h13-28H,11-12H2,1-10H3. The normalized spacial score (nSPS) is 15.8. The average Bonchev–Trinajstić information content (AvgIpc) is 3.40. The SMILES string of the molecule is CCC(CC)(c1ccc2c(c1)C(C)(C)c1cc3c(cc1-2)C(C)(C)c1ccc2ccccc2c1-3)c1c(C(C)C)cccc1C(C)C. The van der Waals surface area contributed by atoms with Gasteiger partial charge in [0, 0.05) is 16.2 Å². The molecule has 0 aliphatic heterocycles. The fourth-order valence-electron chi connectivity index (χ4n) is 9.29. The Morgan fingerprint density at radius 1 is 0.556 bits per heavy atom. The molecule has 0 aromatic heterocycles. The Morgan fingerprint density at radius 2 is 1.13 bits per heavy atom. The van der Waals surface area contributed by atoms with Gasteiger partial charge in [0.1, 0.15) is 0 Å². The average molecular weight is 591 g/mol. The summed E-state index contributed by atoms with van der Waals surface area (Å²) in [5, 5.41) is 2.70. The van der Waals surface area contributed by atoms with E-state index in [2.05, 4.69) is 154 Å². The summed E-state index contributed by atoms with van der Waals surface area (Å²) in [6, 6.07) is 33.4. The van der Waals surface area contributed by atoms with Gasteiger partial charge in [-0.2, -0.15) is 0 Å². The van der Waals surface area contributed by atoms with Gasteiger partial charge in [-0.3, -0.25) is 0 Å². The van der Waals surface area contributed by atoms with Gasteiger partial charge in [0.25, 0.3) is 0 Å². The molecule has 45 heavy (non-hydrogen) atoms. The maximum Gasteiger partial charge on any atom is 0.0203 e. The first-order chi connectivity index (χ1) is 21.4. The van der Waals surface area contributed by atoms with Crippen LogP contribution >= 0.6 is 0 Å². The molecule has 0 unspecified atom stereocenters. The zero-order valence-electron chi connectivity index (χ0n) is 29.2. The molecule has 0 atom stereocenters. The summed E-state index contributed by atoms with van der Waals surface area (Å²) in [7, 11) is 0. The van der Waals surface area contributed by atoms with Crippen LogP contribution in [0, 0.1) is 0 Å². The number of rotatable bonds is 6. The molecule has 2 aliphatic carbocycles. The van der Waals surface area contributed by atoms with E-state index in [1.807, 2.05) is 0 Å². The predicted molar refractivity (Wildman–Crippen MR) is 195 cm³/mol. The van der Waals surface area contributed by atoms with Gasteiger partial charge < -0.3 is 0 Å². The van der Waals surface area contributed by atoms with E-state index < -0.39 is 0 Å². The van der Waals surface area contributed by atoms with E-state index in [1.54, 1.807) is 5.56 Å². The van der Waals surface area contributed by atoms with E-state index in [0.717, 1.165) is 12.8 Å². The van der Waals surface area contributed by atoms with Gasteiger partial charge in [-0.15, -0.1) is 0 Å². The second-order valence-corrected chi connectivity index (χ2v) is 15.6. The van der Waals surface area contributed by atoms with Crippen LogP contribution in [0.15, 0.2) is 84.9 Å². The quantitative estimate of drug-likeness (QED) is 0.184. The lowest BCUT2D eigenvalue weighted by atomic mass is 9.64. The second-order valence-electron chi connectivity index (χ2n) is 15.6. The summed E-state index contributed by atoms with van der Waals surface area (Å²) in [6.07, 6.45) is 2.18. The lowest BCUT2D eigenvalue weighted by molar-refractivity contribution is 0.463. The van der Waals surface area contributed by atoms with Crippen LogP contribution in [0.4, 0.5) is 0 Å². The van der Waals surface area contributed by atoms with E-state index in [9.17, 15) is 0 Å². The third kappa shape index (κ3) is 4.03. The first-order valence-electron chi connectivity index (χ1n) is 17.4. The van der Waals surface area contributed by atoms with E-state index in [1.165, 1.54) is 72.0 Å². The zero-order chi connectivity index (χ0) is 32.1. The highest BCUT2D eigenvalue weighted by molar-refractivity contribution is 6.03. The van der Waals surface area contributed by atoms with Crippen molar-refractivity contribution in [3.05, 3.63) is 129 Å². The van der Waals surface area contributed by atoms with Crippen molar-refractivity contribution in [3.63, 3.8) is 0 Å². The Hall–Kier alpha value is -3.64. The Kier molecular flexibility index (Phi) is 6.80. The van der Waals surface area contributed by atoms with Crippen LogP contribution in [-0.4, -0.2) is 0 Å². The van der Waals surface area contributed by atoms with Crippen LogP contribution in [0.3, 0.4) is 0 Å². The van der Waals surface area contributed by atoms with Gasteiger partial charge in [-0.25, -0.2) is 0 Å². The van der Waals surface area contributed by atoms with Gasteiger partial charge in [-0.05, 0) is 114 Å². The maximum atomic E-state index is 2.61. The number of hydrogen-bond acceptors (Lipinski definition) is 0. The molecule has 0 nitrogen and oxygen atoms in total. The first-order valence-corrected chi connectivity index (χ1v) is 17.4. The molecule has 0 N–H and O–H groups in total. The topological polar surface area (TPSA) is 0 Å². The van der Waals surface area contributed by atoms with Crippen molar-refractivity contribution < 1.29 is 0 Å². The lowest BCUT2D eigenvalue weighted by Gasteiger charge is -2.39. The molecule has 2 aliphatic rings. The van der Waals surface area contributed by atoms with Gasteiger partial charge in [0.2, 0.25) is 0 Å². The molecule has 7 rings (SSSR count). The van der Waals surface area contributed by atoms with Crippen LogP contribution in [0.2, 0.25) is 0 Å². The Balaban J connectivity index is 1.45. The minimum Gasteiger partial charge on any atom is -0.0642 e. The smallest absolute Gasteiger partial charge is 0.0203 e. The molecule has 0 spiro atoms. The minimum absolute atomic E-state index is 0.0258. The number of benzene rings is 5. The molecule has 0 heteroatoms. The molecule has 0 saturated heterocycles. The molecule has 0 heterocycles. The number of fused-ring (bicyclic) bond motifs is 8. The van der Waals surface area contributed by atoms with E-state index in [4.69, 9.17) is 0 Å². The summed E-state index contributed by atoms with van der Waals surface area (Å²) in [5.41, 5.74) is 17.5. The third-order valence-electron chi connectivity index (χ3n) is 12.0. The Morgan fingerprint density at radius 3 is 1.78 bits per heavy atom. The summed E-state index contributed by atoms with van der Waals surface area (Å²) in [5.74, 6) is 0.965. The Labute approximate surface area is 271 Å². The summed E-state index contributed by atoms with van der Waals surface area (Å²) >= 11 is 0. The van der Waals surface area contributed by atoms with Gasteiger partial charge in [0.05, 0.1) is 0 Å². The van der Waals surface area contributed by atoms with Crippen LogP contribution in [0.5, 0.6) is 0 Å². The summed E-state index contributed by atoms with van der Waals surface area (Å²) in [6.45, 7) is 24.0. The lowest BCUT2D eigenvalue weighted by Crippen LogP contribution is -2.30. The van der Waals surface area contributed by atoms with E-state index >= 15 is 0 Å². The van der Waals surface area contributed by atoms with E-state index in [-0.39, 0.29) is 16.2 Å². The molecule has 230 valence electrons. The monoisotopic (exact) mass is 590 g/mol. The molecule has 0 radical (unpaired) electrons. The van der Waals surface area contributed by atoms with Crippen LogP contribution in [0.25, 0.3) is 33.0 Å². The minimum atomic E-state index is -0.0845. The molecule has 0 fully saturated rings. The molecule has 0 amide bonds. The van der Waals surface area contributed by atoms with Crippen molar-refractivity contribution in [1.29, 1.82) is 0 Å². The highest BCUT2D eigenvalue weighted by Crippen LogP contribution is 2.58. The highest BCUT2D eigenvalue weighted by Gasteiger charge is 2.43. The van der Waals surface area contributed by atoms with Crippen molar-refractivity contribution in [2.75, 3.05) is 0 Å². The maximum absolute atomic E-state index is 2.61. The van der Waals surface area contributed by atoms with Crippen LogP contribution in [0.1, 0.15) is 138 Å². The van der Waals surface area contributed by atoms with Crippen molar-refractivity contribution in [2.45, 2.75) is 110 Å². The van der Waals surface area contributed by atoms with Crippen molar-refractivity contribution >= 4 is 10.8 Å². The second kappa shape index (κ2) is 10.2. The highest BCUT2D eigenvalue weighted by atomic mass is 14.5. The first kappa shape index (κ1) is 30.0. The molecular formula is C45H50. The summed E-state index contributed by atoms with van der Waals surface area (Å²) in [4.78, 5) is 0. The van der Waals surface area contributed by atoms with Crippen molar-refractivity contribution in [1.82, 2.24) is 0 Å². The fourth-order valence-corrected chi connectivity index (χ4v) is 9.29. The molecule has 5 aromatic rings. The van der Waals surface area contributed by atoms with Crippen LogP contribution < -0.4 is 0 Å². The predicted octanol–water partition coefficient (Wildman–Crippen LogP) is 12.8. The van der Waals surface area contributed by atoms with Crippen LogP contribution in [-0.2, 0) is 16.2 Å². The molecule has 5 aromatic carbocycles. The largest absolute Gasteiger partial charge is 0.0642 e. The Bertz CT molecular complexity index is 1950. The third-order valence-corrected chi connectivity index (χ3v) is 12.0. The van der Waals surface area contributed by atoms with Crippen molar-refractivity contribution in [2.24, 2.45) is 0 Å². The molecule has 0 saturated carbocycles. The van der Waals surface area contributed by atoms with Gasteiger partial charge >= 0.3 is 0 Å².